The van der Waals surface area contributed by atoms with Gasteiger partial charge in [-0.25, -0.2) is 9.37 Å². The minimum absolute atomic E-state index is 0.163. The molecule has 2 aliphatic rings. The summed E-state index contributed by atoms with van der Waals surface area (Å²) in [7, 11) is 0. The molecule has 1 amide bonds. The van der Waals surface area contributed by atoms with Crippen LogP contribution in [0.5, 0.6) is 0 Å². The van der Waals surface area contributed by atoms with Crippen molar-refractivity contribution in [1.82, 2.24) is 9.88 Å². The second-order valence-electron chi connectivity index (χ2n) is 6.71. The van der Waals surface area contributed by atoms with Gasteiger partial charge in [0.1, 0.15) is 11.4 Å². The fourth-order valence-corrected chi connectivity index (χ4v) is 4.59. The van der Waals surface area contributed by atoms with Crippen LogP contribution >= 0.6 is 11.3 Å². The number of nitrogens with one attached hydrogen (secondary N) is 1. The Morgan fingerprint density at radius 2 is 2.44 bits per heavy atom. The Bertz CT molecular complexity index is 791. The zero-order valence-corrected chi connectivity index (χ0v) is 14.5. The normalized spacial score (nSPS) is 27.2. The van der Waals surface area contributed by atoms with Crippen molar-refractivity contribution in [2.75, 3.05) is 31.6 Å². The third kappa shape index (κ3) is 3.39. The fourth-order valence-electron chi connectivity index (χ4n) is 3.69. The monoisotopic (exact) mass is 365 g/mol. The number of halogens is 1. The molecule has 0 radical (unpaired) electrons. The van der Waals surface area contributed by atoms with Crippen LogP contribution in [0.2, 0.25) is 0 Å². The molecule has 0 aliphatic carbocycles. The van der Waals surface area contributed by atoms with Crippen molar-refractivity contribution in [3.63, 3.8) is 0 Å². The molecule has 2 saturated heterocycles. The second kappa shape index (κ2) is 6.60. The number of anilines is 1. The van der Waals surface area contributed by atoms with Crippen LogP contribution in [0.1, 0.15) is 19.3 Å². The van der Waals surface area contributed by atoms with Crippen molar-refractivity contribution in [2.45, 2.75) is 31.0 Å². The molecule has 0 bridgehead atoms. The number of carbonyl (C=O) groups is 1. The smallest absolute Gasteiger partial charge is 0.240 e. The van der Waals surface area contributed by atoms with Crippen LogP contribution in [-0.4, -0.2) is 58.8 Å². The topological polar surface area (TPSA) is 74.7 Å². The summed E-state index contributed by atoms with van der Waals surface area (Å²) < 4.78 is 19.8. The SMILES string of the molecule is O=C(CN1CC[C@H](O)[C@]2(CCCO2)C1)Nc1nc2ccc(F)cc2s1. The number of amides is 1. The highest BCUT2D eigenvalue weighted by molar-refractivity contribution is 7.22. The van der Waals surface area contributed by atoms with E-state index in [-0.39, 0.29) is 18.3 Å². The highest BCUT2D eigenvalue weighted by Gasteiger charge is 2.46. The number of nitrogens with zero attached hydrogens (tertiary/aromatic N) is 2. The molecule has 0 unspecified atom stereocenters. The van der Waals surface area contributed by atoms with Crippen LogP contribution in [0, 0.1) is 5.82 Å². The zero-order chi connectivity index (χ0) is 17.4. The predicted molar refractivity (Wildman–Crippen MR) is 93.2 cm³/mol. The highest BCUT2D eigenvalue weighted by Crippen LogP contribution is 2.34. The van der Waals surface area contributed by atoms with Crippen LogP contribution in [0.15, 0.2) is 18.2 Å². The average Bonchev–Trinajstić information content (AvgIpc) is 3.18. The number of aromatic nitrogens is 1. The minimum atomic E-state index is -0.522. The van der Waals surface area contributed by atoms with Crippen LogP contribution in [0.25, 0.3) is 10.2 Å². The van der Waals surface area contributed by atoms with Crippen molar-refractivity contribution in [2.24, 2.45) is 0 Å². The summed E-state index contributed by atoms with van der Waals surface area (Å²) in [5.74, 6) is -0.480. The molecule has 2 atom stereocenters. The van der Waals surface area contributed by atoms with Gasteiger partial charge in [0, 0.05) is 19.7 Å². The molecule has 2 aliphatic heterocycles. The van der Waals surface area contributed by atoms with Gasteiger partial charge in [0.15, 0.2) is 5.13 Å². The summed E-state index contributed by atoms with van der Waals surface area (Å²) in [5, 5.41) is 13.5. The summed E-state index contributed by atoms with van der Waals surface area (Å²) in [6, 6.07) is 4.37. The molecule has 3 heterocycles. The number of benzene rings is 1. The van der Waals surface area contributed by atoms with Crippen LogP contribution < -0.4 is 5.32 Å². The third-order valence-electron chi connectivity index (χ3n) is 4.92. The molecule has 1 spiro atoms. The molecule has 6 nitrogen and oxygen atoms in total. The quantitative estimate of drug-likeness (QED) is 0.870. The predicted octanol–water partition coefficient (Wildman–Crippen LogP) is 1.99. The van der Waals surface area contributed by atoms with E-state index in [1.54, 1.807) is 6.07 Å². The number of hydrogen-bond acceptors (Lipinski definition) is 6. The number of ether oxygens (including phenoxy) is 1. The molecular formula is C17H20FN3O3S. The lowest BCUT2D eigenvalue weighted by atomic mass is 9.87. The minimum Gasteiger partial charge on any atom is -0.390 e. The Kier molecular flexibility index (Phi) is 4.45. The molecule has 2 N–H and O–H groups in total. The van der Waals surface area contributed by atoms with Gasteiger partial charge >= 0.3 is 0 Å². The van der Waals surface area contributed by atoms with E-state index in [1.165, 1.54) is 23.5 Å². The van der Waals surface area contributed by atoms with E-state index in [4.69, 9.17) is 4.74 Å². The number of aliphatic hydroxyl groups is 1. The maximum absolute atomic E-state index is 13.2. The number of carbonyl (C=O) groups excluding carboxylic acids is 1. The molecule has 8 heteroatoms. The van der Waals surface area contributed by atoms with Crippen molar-refractivity contribution in [1.29, 1.82) is 0 Å². The van der Waals surface area contributed by atoms with E-state index in [1.807, 2.05) is 4.90 Å². The first kappa shape index (κ1) is 16.8. The largest absolute Gasteiger partial charge is 0.390 e. The van der Waals surface area contributed by atoms with E-state index < -0.39 is 11.7 Å². The maximum atomic E-state index is 13.2. The van der Waals surface area contributed by atoms with Gasteiger partial charge in [0.05, 0.1) is 22.9 Å². The van der Waals surface area contributed by atoms with E-state index in [0.717, 1.165) is 12.8 Å². The second-order valence-corrected chi connectivity index (χ2v) is 7.74. The molecular weight excluding hydrogens is 345 g/mol. The lowest BCUT2D eigenvalue weighted by Crippen LogP contribution is -2.57. The third-order valence-corrected chi connectivity index (χ3v) is 5.85. The van der Waals surface area contributed by atoms with Gasteiger partial charge in [-0.15, -0.1) is 0 Å². The maximum Gasteiger partial charge on any atom is 0.240 e. The van der Waals surface area contributed by atoms with Gasteiger partial charge in [0.2, 0.25) is 5.91 Å². The lowest BCUT2D eigenvalue weighted by molar-refractivity contribution is -0.137. The van der Waals surface area contributed by atoms with E-state index in [9.17, 15) is 14.3 Å². The number of aliphatic hydroxyl groups excluding tert-OH is 1. The molecule has 134 valence electrons. The first-order chi connectivity index (χ1) is 12.0. The summed E-state index contributed by atoms with van der Waals surface area (Å²) in [4.78, 5) is 18.7. The van der Waals surface area contributed by atoms with Crippen LogP contribution in [0.4, 0.5) is 9.52 Å². The zero-order valence-electron chi connectivity index (χ0n) is 13.7. The summed E-state index contributed by atoms with van der Waals surface area (Å²) >= 11 is 1.25. The van der Waals surface area contributed by atoms with Crippen molar-refractivity contribution >= 4 is 32.6 Å². The molecule has 1 aromatic carbocycles. The van der Waals surface area contributed by atoms with Gasteiger partial charge < -0.3 is 15.2 Å². The number of piperidine rings is 1. The Morgan fingerprint density at radius 3 is 3.24 bits per heavy atom. The fraction of sp³-hybridized carbons (Fsp3) is 0.529. The van der Waals surface area contributed by atoms with E-state index >= 15 is 0 Å². The number of thiazole rings is 1. The number of likely N-dealkylation sites (tertiary alicyclic amines) is 1. The highest BCUT2D eigenvalue weighted by atomic mass is 32.1. The van der Waals surface area contributed by atoms with Crippen molar-refractivity contribution < 1.29 is 19.0 Å². The van der Waals surface area contributed by atoms with Gasteiger partial charge in [-0.3, -0.25) is 9.69 Å². The van der Waals surface area contributed by atoms with Gasteiger partial charge in [0.25, 0.3) is 0 Å². The molecule has 1 aromatic heterocycles. The Morgan fingerprint density at radius 1 is 1.56 bits per heavy atom. The van der Waals surface area contributed by atoms with Crippen LogP contribution in [-0.2, 0) is 9.53 Å². The molecule has 25 heavy (non-hydrogen) atoms. The van der Waals surface area contributed by atoms with Gasteiger partial charge in [-0.1, -0.05) is 11.3 Å². The van der Waals surface area contributed by atoms with Crippen molar-refractivity contribution in [3.8, 4) is 0 Å². The molecule has 4 rings (SSSR count). The standard InChI is InChI=1S/C17H20FN3O3S/c18-11-2-3-12-13(8-11)25-16(19-12)20-15(23)9-21-6-4-14(22)17(10-21)5-1-7-24-17/h2-3,8,14,22H,1,4-7,9-10H2,(H,19,20,23)/t14-,17-/m0/s1. The molecule has 0 saturated carbocycles. The van der Waals surface area contributed by atoms with Gasteiger partial charge in [-0.05, 0) is 37.5 Å². The van der Waals surface area contributed by atoms with Gasteiger partial charge in [-0.2, -0.15) is 0 Å². The van der Waals surface area contributed by atoms with E-state index in [0.29, 0.717) is 41.5 Å². The number of fused-ring (bicyclic) bond motifs is 1. The number of hydrogen-bond donors (Lipinski definition) is 2. The molecule has 2 fully saturated rings. The first-order valence-electron chi connectivity index (χ1n) is 8.44. The number of rotatable bonds is 3. The van der Waals surface area contributed by atoms with Crippen LogP contribution in [0.3, 0.4) is 0 Å². The molecule has 2 aromatic rings. The summed E-state index contributed by atoms with van der Waals surface area (Å²) in [6.45, 7) is 2.11. The Hall–Kier alpha value is -1.61. The van der Waals surface area contributed by atoms with Crippen molar-refractivity contribution in [3.05, 3.63) is 24.0 Å². The first-order valence-corrected chi connectivity index (χ1v) is 9.26. The average molecular weight is 365 g/mol. The lowest BCUT2D eigenvalue weighted by Gasteiger charge is -2.42. The summed E-state index contributed by atoms with van der Waals surface area (Å²) in [5.41, 5.74) is 0.146. The summed E-state index contributed by atoms with van der Waals surface area (Å²) in [6.07, 6.45) is 1.91. The van der Waals surface area contributed by atoms with E-state index in [2.05, 4.69) is 10.3 Å². The Labute approximate surface area is 148 Å². The Balaban J connectivity index is 1.39.